The second-order valence-electron chi connectivity index (χ2n) is 7.06. The highest BCUT2D eigenvalue weighted by Crippen LogP contribution is 2.19. The van der Waals surface area contributed by atoms with Gasteiger partial charge in [0.15, 0.2) is 11.2 Å². The Morgan fingerprint density at radius 2 is 1.83 bits per heavy atom. The second-order valence-corrected chi connectivity index (χ2v) is 7.06. The van der Waals surface area contributed by atoms with Crippen LogP contribution in [-0.2, 0) is 13.1 Å². The topological polar surface area (TPSA) is 72.9 Å². The molecule has 0 aliphatic heterocycles. The van der Waals surface area contributed by atoms with Crippen LogP contribution in [0.4, 0.5) is 0 Å². The number of amides is 1. The molecule has 4 aromatic rings. The van der Waals surface area contributed by atoms with E-state index in [1.807, 2.05) is 37.3 Å². The van der Waals surface area contributed by atoms with E-state index in [-0.39, 0.29) is 23.6 Å². The number of nitrogens with zero attached hydrogens (tertiary/aromatic N) is 1. The van der Waals surface area contributed by atoms with E-state index in [4.69, 9.17) is 13.6 Å². The number of carbonyl (C=O) groups is 1. The monoisotopic (exact) mass is 403 g/mol. The van der Waals surface area contributed by atoms with Gasteiger partial charge in [-0.2, -0.15) is 0 Å². The first-order chi connectivity index (χ1) is 14.5. The van der Waals surface area contributed by atoms with Crippen molar-refractivity contribution in [3.63, 3.8) is 0 Å². The van der Waals surface area contributed by atoms with Gasteiger partial charge in [0, 0.05) is 12.6 Å². The molecular weight excluding hydrogens is 382 g/mol. The van der Waals surface area contributed by atoms with Crippen LogP contribution in [0.1, 0.15) is 27.4 Å². The number of furan rings is 1. The molecule has 4 rings (SSSR count). The molecule has 0 atom stereocenters. The molecule has 6 nitrogen and oxygen atoms in total. The summed E-state index contributed by atoms with van der Waals surface area (Å²) in [6.07, 6.45) is 1.56. The molecule has 0 saturated carbocycles. The lowest BCUT2D eigenvalue weighted by atomic mass is 10.1. The molecule has 2 aromatic heterocycles. The molecule has 0 spiro atoms. The highest BCUT2D eigenvalue weighted by Gasteiger charge is 2.21. The molecule has 2 heterocycles. The molecule has 0 unspecified atom stereocenters. The summed E-state index contributed by atoms with van der Waals surface area (Å²) in [5.74, 6) is 0.979. The van der Waals surface area contributed by atoms with Crippen molar-refractivity contribution in [1.29, 1.82) is 0 Å². The van der Waals surface area contributed by atoms with Crippen molar-refractivity contribution < 1.29 is 18.4 Å². The van der Waals surface area contributed by atoms with Crippen molar-refractivity contribution in [2.75, 3.05) is 7.11 Å². The third-order valence-corrected chi connectivity index (χ3v) is 4.84. The molecule has 0 bridgehead atoms. The first kappa shape index (κ1) is 19.5. The van der Waals surface area contributed by atoms with Gasteiger partial charge in [-0.25, -0.2) is 0 Å². The smallest absolute Gasteiger partial charge is 0.290 e. The maximum atomic E-state index is 13.3. The van der Waals surface area contributed by atoms with Gasteiger partial charge in [-0.1, -0.05) is 23.8 Å². The minimum Gasteiger partial charge on any atom is -0.497 e. The summed E-state index contributed by atoms with van der Waals surface area (Å²) >= 11 is 0. The summed E-state index contributed by atoms with van der Waals surface area (Å²) in [4.78, 5) is 27.4. The van der Waals surface area contributed by atoms with Crippen LogP contribution in [-0.4, -0.2) is 17.9 Å². The molecule has 2 aromatic carbocycles. The molecule has 30 heavy (non-hydrogen) atoms. The Morgan fingerprint density at radius 1 is 1.03 bits per heavy atom. The van der Waals surface area contributed by atoms with Gasteiger partial charge >= 0.3 is 0 Å². The predicted octanol–water partition coefficient (Wildman–Crippen LogP) is 4.55. The van der Waals surface area contributed by atoms with Gasteiger partial charge < -0.3 is 18.5 Å². The Hall–Kier alpha value is -3.80. The van der Waals surface area contributed by atoms with E-state index in [2.05, 4.69) is 0 Å². The number of rotatable bonds is 6. The molecule has 0 radical (unpaired) electrons. The summed E-state index contributed by atoms with van der Waals surface area (Å²) < 4.78 is 16.4. The van der Waals surface area contributed by atoms with Crippen LogP contribution < -0.4 is 10.2 Å². The first-order valence-electron chi connectivity index (χ1n) is 9.52. The maximum absolute atomic E-state index is 13.3. The average Bonchev–Trinajstić information content (AvgIpc) is 3.27. The Labute approximate surface area is 173 Å². The van der Waals surface area contributed by atoms with E-state index >= 15 is 0 Å². The number of aryl methyl sites for hydroxylation is 1. The van der Waals surface area contributed by atoms with E-state index in [1.54, 1.807) is 42.5 Å². The maximum Gasteiger partial charge on any atom is 0.290 e. The first-order valence-corrected chi connectivity index (χ1v) is 9.52. The largest absolute Gasteiger partial charge is 0.497 e. The van der Waals surface area contributed by atoms with Gasteiger partial charge in [-0.3, -0.25) is 9.59 Å². The zero-order chi connectivity index (χ0) is 21.1. The number of benzene rings is 2. The Kier molecular flexibility index (Phi) is 5.39. The van der Waals surface area contributed by atoms with Gasteiger partial charge in [-0.05, 0) is 48.9 Å². The van der Waals surface area contributed by atoms with Crippen molar-refractivity contribution >= 4 is 16.9 Å². The SMILES string of the molecule is COc1ccc(CN(Cc2ccco2)C(=O)c2cc(=O)c3cc(C)ccc3o2)cc1. The van der Waals surface area contributed by atoms with Gasteiger partial charge in [0.2, 0.25) is 0 Å². The highest BCUT2D eigenvalue weighted by molar-refractivity contribution is 5.93. The Morgan fingerprint density at radius 3 is 2.53 bits per heavy atom. The fourth-order valence-electron chi connectivity index (χ4n) is 3.27. The molecule has 0 N–H and O–H groups in total. The quantitative estimate of drug-likeness (QED) is 0.472. The van der Waals surface area contributed by atoms with Crippen LogP contribution in [0.25, 0.3) is 11.0 Å². The van der Waals surface area contributed by atoms with Crippen LogP contribution in [0.5, 0.6) is 5.75 Å². The minimum absolute atomic E-state index is 0.00331. The molecule has 0 fully saturated rings. The number of hydrogen-bond acceptors (Lipinski definition) is 5. The van der Waals surface area contributed by atoms with Crippen molar-refractivity contribution in [3.8, 4) is 5.75 Å². The second kappa shape index (κ2) is 8.29. The van der Waals surface area contributed by atoms with E-state index in [0.717, 1.165) is 16.9 Å². The highest BCUT2D eigenvalue weighted by atomic mass is 16.5. The van der Waals surface area contributed by atoms with Crippen LogP contribution in [0.15, 0.2) is 80.6 Å². The van der Waals surface area contributed by atoms with E-state index in [1.165, 1.54) is 6.07 Å². The fraction of sp³-hybridized carbons (Fsp3) is 0.167. The Balaban J connectivity index is 1.68. The molecular formula is C24H21NO5. The summed E-state index contributed by atoms with van der Waals surface area (Å²) in [5.41, 5.74) is 2.01. The normalized spacial score (nSPS) is 10.9. The van der Waals surface area contributed by atoms with Crippen molar-refractivity contribution in [2.45, 2.75) is 20.0 Å². The van der Waals surface area contributed by atoms with E-state index < -0.39 is 0 Å². The average molecular weight is 403 g/mol. The lowest BCUT2D eigenvalue weighted by Gasteiger charge is -2.21. The lowest BCUT2D eigenvalue weighted by Crippen LogP contribution is -2.30. The lowest BCUT2D eigenvalue weighted by molar-refractivity contribution is 0.0686. The zero-order valence-electron chi connectivity index (χ0n) is 16.8. The molecule has 0 aliphatic carbocycles. The molecule has 6 heteroatoms. The fourth-order valence-corrected chi connectivity index (χ4v) is 3.27. The summed E-state index contributed by atoms with van der Waals surface area (Å²) in [5, 5.41) is 0.458. The van der Waals surface area contributed by atoms with Crippen molar-refractivity contribution in [3.05, 3.63) is 99.8 Å². The predicted molar refractivity (Wildman–Crippen MR) is 113 cm³/mol. The van der Waals surface area contributed by atoms with Gasteiger partial charge in [0.25, 0.3) is 5.91 Å². The van der Waals surface area contributed by atoms with E-state index in [9.17, 15) is 9.59 Å². The van der Waals surface area contributed by atoms with Crippen LogP contribution in [0, 0.1) is 6.92 Å². The van der Waals surface area contributed by atoms with Crippen molar-refractivity contribution in [2.24, 2.45) is 0 Å². The number of ether oxygens (including phenoxy) is 1. The summed E-state index contributed by atoms with van der Waals surface area (Å²) in [6, 6.07) is 17.6. The molecule has 1 amide bonds. The number of carbonyl (C=O) groups excluding carboxylic acids is 1. The van der Waals surface area contributed by atoms with Crippen LogP contribution in [0.2, 0.25) is 0 Å². The van der Waals surface area contributed by atoms with E-state index in [0.29, 0.717) is 23.3 Å². The Bertz CT molecular complexity index is 1220. The molecule has 152 valence electrons. The number of fused-ring (bicyclic) bond motifs is 1. The van der Waals surface area contributed by atoms with Crippen LogP contribution in [0.3, 0.4) is 0 Å². The third kappa shape index (κ3) is 4.12. The summed E-state index contributed by atoms with van der Waals surface area (Å²) in [6.45, 7) is 2.46. The molecule has 0 aliphatic rings. The minimum atomic E-state index is -0.387. The number of hydrogen-bond donors (Lipinski definition) is 0. The van der Waals surface area contributed by atoms with Crippen molar-refractivity contribution in [1.82, 2.24) is 4.90 Å². The standard InChI is InChI=1S/C24H21NO5/c1-16-5-10-22-20(12-16)21(26)13-23(30-22)24(27)25(15-19-4-3-11-29-19)14-17-6-8-18(28-2)9-7-17/h3-13H,14-15H2,1-2H3. The van der Waals surface area contributed by atoms with Gasteiger partial charge in [0.05, 0.1) is 25.3 Å². The van der Waals surface area contributed by atoms with Gasteiger partial charge in [-0.15, -0.1) is 0 Å². The zero-order valence-corrected chi connectivity index (χ0v) is 16.8. The van der Waals surface area contributed by atoms with Gasteiger partial charge in [0.1, 0.15) is 17.1 Å². The summed E-state index contributed by atoms with van der Waals surface area (Å²) in [7, 11) is 1.60. The molecule has 0 saturated heterocycles. The van der Waals surface area contributed by atoms with Crippen LogP contribution >= 0.6 is 0 Å². The third-order valence-electron chi connectivity index (χ3n) is 4.84. The number of methoxy groups -OCH3 is 1.